The van der Waals surface area contributed by atoms with Crippen molar-refractivity contribution >= 4 is 40.7 Å². The molecule has 2 N–H and O–H groups in total. The second-order valence-corrected chi connectivity index (χ2v) is 6.80. The standard InChI is InChI=1S/C18H15N5O6/c1-18(2)15(26)23(17(27)29-18)12(13(24)11-7-8-28-22-11)14(25)21-16-19-9-5-3-4-6-10(9)20-16/h3-8,12H,1-2H3,(H2,19,20,21,25). The van der Waals surface area contributed by atoms with Gasteiger partial charge < -0.3 is 14.2 Å². The molecule has 1 saturated heterocycles. The van der Waals surface area contributed by atoms with Crippen LogP contribution in [0.2, 0.25) is 0 Å². The van der Waals surface area contributed by atoms with Gasteiger partial charge >= 0.3 is 6.09 Å². The number of carbonyl (C=O) groups is 4. The van der Waals surface area contributed by atoms with Gasteiger partial charge in [-0.2, -0.15) is 0 Å². The Kier molecular flexibility index (Phi) is 4.14. The molecule has 11 heteroatoms. The largest absolute Gasteiger partial charge is 0.433 e. The number of cyclic esters (lactones) is 1. The highest BCUT2D eigenvalue weighted by Crippen LogP contribution is 2.27. The van der Waals surface area contributed by atoms with Crippen LogP contribution >= 0.6 is 0 Å². The summed E-state index contributed by atoms with van der Waals surface area (Å²) in [6.45, 7) is 2.73. The molecule has 0 bridgehead atoms. The number of hydrogen-bond acceptors (Lipinski definition) is 8. The van der Waals surface area contributed by atoms with Crippen LogP contribution in [-0.2, 0) is 14.3 Å². The molecule has 11 nitrogen and oxygen atoms in total. The summed E-state index contributed by atoms with van der Waals surface area (Å²) in [4.78, 5) is 58.3. The molecule has 0 spiro atoms. The molecule has 1 unspecified atom stereocenters. The number of rotatable bonds is 5. The van der Waals surface area contributed by atoms with E-state index in [1.165, 1.54) is 19.9 Å². The molecule has 3 amide bonds. The van der Waals surface area contributed by atoms with E-state index in [0.717, 1.165) is 6.26 Å². The first kappa shape index (κ1) is 18.3. The second kappa shape index (κ2) is 6.55. The van der Waals surface area contributed by atoms with Crippen LogP contribution in [0.15, 0.2) is 41.1 Å². The Morgan fingerprint density at radius 3 is 2.59 bits per heavy atom. The van der Waals surface area contributed by atoms with E-state index in [0.29, 0.717) is 15.9 Å². The zero-order chi connectivity index (χ0) is 20.8. The van der Waals surface area contributed by atoms with Crippen molar-refractivity contribution in [2.75, 3.05) is 5.32 Å². The van der Waals surface area contributed by atoms with Gasteiger partial charge in [-0.05, 0) is 26.0 Å². The molecule has 148 valence electrons. The van der Waals surface area contributed by atoms with E-state index < -0.39 is 35.3 Å². The Balaban J connectivity index is 1.69. The van der Waals surface area contributed by atoms with Gasteiger partial charge in [-0.15, -0.1) is 0 Å². The minimum Gasteiger partial charge on any atom is -0.433 e. The normalized spacial score (nSPS) is 16.7. The van der Waals surface area contributed by atoms with Crippen molar-refractivity contribution in [3.8, 4) is 0 Å². The summed E-state index contributed by atoms with van der Waals surface area (Å²) in [5.74, 6) is -2.65. The molecule has 1 aliphatic rings. The fourth-order valence-electron chi connectivity index (χ4n) is 2.94. The van der Waals surface area contributed by atoms with Crippen molar-refractivity contribution < 1.29 is 28.4 Å². The van der Waals surface area contributed by atoms with Crippen molar-refractivity contribution in [1.29, 1.82) is 0 Å². The molecule has 0 radical (unpaired) electrons. The predicted octanol–water partition coefficient (Wildman–Crippen LogP) is 1.50. The van der Waals surface area contributed by atoms with Gasteiger partial charge in [0.05, 0.1) is 11.0 Å². The molecular formula is C18H15N5O6. The molecule has 1 fully saturated rings. The maximum Gasteiger partial charge on any atom is 0.418 e. The van der Waals surface area contributed by atoms with E-state index in [1.807, 2.05) is 0 Å². The number of H-pyrrole nitrogens is 1. The lowest BCUT2D eigenvalue weighted by Gasteiger charge is -2.21. The number of fused-ring (bicyclic) bond motifs is 1. The summed E-state index contributed by atoms with van der Waals surface area (Å²) < 4.78 is 9.65. The highest BCUT2D eigenvalue weighted by Gasteiger charge is 2.54. The smallest absolute Gasteiger partial charge is 0.418 e. The minimum atomic E-state index is -1.85. The van der Waals surface area contributed by atoms with Gasteiger partial charge in [0.1, 0.15) is 6.26 Å². The summed E-state index contributed by atoms with van der Waals surface area (Å²) in [5, 5.41) is 5.93. The molecule has 29 heavy (non-hydrogen) atoms. The van der Waals surface area contributed by atoms with Crippen LogP contribution in [-0.4, -0.2) is 55.4 Å². The minimum absolute atomic E-state index is 0.0495. The van der Waals surface area contributed by atoms with Crippen molar-refractivity contribution in [1.82, 2.24) is 20.0 Å². The first-order valence-electron chi connectivity index (χ1n) is 8.55. The van der Waals surface area contributed by atoms with Gasteiger partial charge in [0.15, 0.2) is 17.3 Å². The highest BCUT2D eigenvalue weighted by molar-refractivity contribution is 6.21. The molecule has 3 aromatic rings. The van der Waals surface area contributed by atoms with Crippen molar-refractivity contribution in [2.45, 2.75) is 25.5 Å². The van der Waals surface area contributed by atoms with Crippen LogP contribution in [0.3, 0.4) is 0 Å². The van der Waals surface area contributed by atoms with Crippen molar-refractivity contribution in [3.05, 3.63) is 42.3 Å². The van der Waals surface area contributed by atoms with Gasteiger partial charge in [0.2, 0.25) is 11.7 Å². The van der Waals surface area contributed by atoms with E-state index in [-0.39, 0.29) is 11.6 Å². The number of ether oxygens (including phenoxy) is 1. The number of amides is 3. The molecular weight excluding hydrogens is 382 g/mol. The van der Waals surface area contributed by atoms with E-state index >= 15 is 0 Å². The molecule has 0 aliphatic carbocycles. The Labute approximate surface area is 163 Å². The number of Topliss-reactive ketones (excluding diaryl/α,β-unsaturated/α-hetero) is 1. The number of hydrogen-bond donors (Lipinski definition) is 2. The zero-order valence-corrected chi connectivity index (χ0v) is 15.3. The Hall–Kier alpha value is -4.02. The summed E-state index contributed by atoms with van der Waals surface area (Å²) in [7, 11) is 0. The number of carbonyl (C=O) groups excluding carboxylic acids is 4. The van der Waals surface area contributed by atoms with Crippen LogP contribution in [0, 0.1) is 0 Å². The average molecular weight is 397 g/mol. The fraction of sp³-hybridized carbons (Fsp3) is 0.222. The zero-order valence-electron chi connectivity index (χ0n) is 15.3. The summed E-state index contributed by atoms with van der Waals surface area (Å²) in [6, 6.07) is 6.40. The Bertz CT molecular complexity index is 1100. The SMILES string of the molecule is CC1(C)OC(=O)N(C(C(=O)Nc2nc3ccccc3[nH]2)C(=O)c2ccon2)C1=O. The van der Waals surface area contributed by atoms with E-state index in [1.54, 1.807) is 24.3 Å². The third-order valence-electron chi connectivity index (χ3n) is 4.35. The predicted molar refractivity (Wildman–Crippen MR) is 96.8 cm³/mol. The fourth-order valence-corrected chi connectivity index (χ4v) is 2.94. The van der Waals surface area contributed by atoms with Gasteiger partial charge in [-0.3, -0.25) is 19.7 Å². The van der Waals surface area contributed by atoms with Crippen molar-refractivity contribution in [2.24, 2.45) is 0 Å². The number of ketones is 1. The highest BCUT2D eigenvalue weighted by atomic mass is 16.6. The first-order valence-corrected chi connectivity index (χ1v) is 8.55. The molecule has 3 heterocycles. The maximum absolute atomic E-state index is 13.0. The molecule has 4 rings (SSSR count). The monoisotopic (exact) mass is 397 g/mol. The van der Waals surface area contributed by atoms with Crippen LogP contribution in [0.25, 0.3) is 11.0 Å². The van der Waals surface area contributed by atoms with Gasteiger partial charge in [-0.25, -0.2) is 14.7 Å². The summed E-state index contributed by atoms with van der Waals surface area (Å²) in [5.41, 5.74) is -0.501. The van der Waals surface area contributed by atoms with E-state index in [4.69, 9.17) is 4.74 Å². The third kappa shape index (κ3) is 3.12. The number of aromatic nitrogens is 3. The number of anilines is 1. The van der Waals surface area contributed by atoms with Crippen LogP contribution < -0.4 is 5.32 Å². The molecule has 1 atom stereocenters. The number of para-hydroxylation sites is 2. The van der Waals surface area contributed by atoms with E-state index in [2.05, 4.69) is 25.0 Å². The number of nitrogens with one attached hydrogen (secondary N) is 2. The number of nitrogens with zero attached hydrogens (tertiary/aromatic N) is 3. The lowest BCUT2D eigenvalue weighted by molar-refractivity contribution is -0.137. The maximum atomic E-state index is 13.0. The topological polar surface area (TPSA) is 147 Å². The Morgan fingerprint density at radius 2 is 1.97 bits per heavy atom. The van der Waals surface area contributed by atoms with Crippen LogP contribution in [0.5, 0.6) is 0 Å². The molecule has 1 aromatic carbocycles. The average Bonchev–Trinajstić information content (AvgIpc) is 3.36. The lowest BCUT2D eigenvalue weighted by Crippen LogP contribution is -2.53. The molecule has 0 saturated carbocycles. The van der Waals surface area contributed by atoms with Crippen LogP contribution in [0.1, 0.15) is 24.3 Å². The summed E-state index contributed by atoms with van der Waals surface area (Å²) in [6.07, 6.45) is 0.0248. The Morgan fingerprint density at radius 1 is 1.21 bits per heavy atom. The van der Waals surface area contributed by atoms with Crippen LogP contribution in [0.4, 0.5) is 10.7 Å². The van der Waals surface area contributed by atoms with Gasteiger partial charge in [0, 0.05) is 6.07 Å². The quantitative estimate of drug-likeness (QED) is 0.486. The third-order valence-corrected chi connectivity index (χ3v) is 4.35. The van der Waals surface area contributed by atoms with Gasteiger partial charge in [0.25, 0.3) is 11.8 Å². The van der Waals surface area contributed by atoms with Gasteiger partial charge in [-0.1, -0.05) is 17.3 Å². The number of imide groups is 1. The van der Waals surface area contributed by atoms with E-state index in [9.17, 15) is 19.2 Å². The lowest BCUT2D eigenvalue weighted by atomic mass is 10.0. The first-order chi connectivity index (χ1) is 13.8. The van der Waals surface area contributed by atoms with Crippen molar-refractivity contribution in [3.63, 3.8) is 0 Å². The molecule has 2 aromatic heterocycles. The number of imidazole rings is 1. The number of aromatic amines is 1. The number of benzene rings is 1. The summed E-state index contributed by atoms with van der Waals surface area (Å²) >= 11 is 0. The second-order valence-electron chi connectivity index (χ2n) is 6.80. The molecule has 1 aliphatic heterocycles.